The lowest BCUT2D eigenvalue weighted by Crippen LogP contribution is -3.00. The Morgan fingerprint density at radius 1 is 1.33 bits per heavy atom. The fraction of sp³-hybridized carbons (Fsp3) is 0.714. The molecule has 0 unspecified atom stereocenters. The van der Waals surface area contributed by atoms with E-state index < -0.39 is 0 Å². The van der Waals surface area contributed by atoms with Gasteiger partial charge in [0.25, 0.3) is 0 Å². The zero-order valence-corrected chi connectivity index (χ0v) is 6.81. The Morgan fingerprint density at radius 3 is 2.22 bits per heavy atom. The van der Waals surface area contributed by atoms with Gasteiger partial charge in [-0.05, 0) is 20.2 Å². The topological polar surface area (TPSA) is 7.68 Å². The van der Waals surface area contributed by atoms with Gasteiger partial charge in [-0.1, -0.05) is 0 Å². The molecule has 0 bridgehead atoms. The summed E-state index contributed by atoms with van der Waals surface area (Å²) in [5.74, 6) is 0. The number of nitrogens with one attached hydrogen (secondary N) is 1. The number of likely N-dealkylation sites (N-methyl/N-ethyl adjacent to an activating group) is 1. The SMILES string of the molecule is CN(C)C/C=C/[NH+](C)C. The molecule has 0 aliphatic heterocycles. The van der Waals surface area contributed by atoms with Crippen LogP contribution in [-0.4, -0.2) is 39.6 Å². The maximum Gasteiger partial charge on any atom is 0.0910 e. The summed E-state index contributed by atoms with van der Waals surface area (Å²) in [7, 11) is 8.34. The number of rotatable bonds is 3. The zero-order chi connectivity index (χ0) is 7.28. The minimum Gasteiger partial charge on any atom is -0.314 e. The molecule has 0 fully saturated rings. The van der Waals surface area contributed by atoms with Crippen LogP contribution in [0.5, 0.6) is 0 Å². The van der Waals surface area contributed by atoms with Gasteiger partial charge in [0.2, 0.25) is 0 Å². The maximum atomic E-state index is 2.16. The Balaban J connectivity index is 3.25. The summed E-state index contributed by atoms with van der Waals surface area (Å²) in [4.78, 5) is 3.50. The van der Waals surface area contributed by atoms with Crippen molar-refractivity contribution in [3.63, 3.8) is 0 Å². The molecule has 1 N–H and O–H groups in total. The van der Waals surface area contributed by atoms with E-state index in [9.17, 15) is 0 Å². The molecule has 0 amide bonds. The minimum absolute atomic E-state index is 1.03. The smallest absolute Gasteiger partial charge is 0.0910 e. The van der Waals surface area contributed by atoms with Crippen LogP contribution in [0.25, 0.3) is 0 Å². The average Bonchev–Trinajstić information content (AvgIpc) is 1.63. The van der Waals surface area contributed by atoms with E-state index in [-0.39, 0.29) is 0 Å². The number of quaternary nitrogens is 1. The summed E-state index contributed by atoms with van der Waals surface area (Å²) in [6.07, 6.45) is 4.30. The van der Waals surface area contributed by atoms with E-state index in [2.05, 4.69) is 45.4 Å². The molecule has 0 aliphatic carbocycles. The van der Waals surface area contributed by atoms with Gasteiger partial charge in [-0.3, -0.25) is 0 Å². The second-order valence-corrected chi connectivity index (χ2v) is 2.74. The van der Waals surface area contributed by atoms with Gasteiger partial charge < -0.3 is 9.80 Å². The summed E-state index contributed by atoms with van der Waals surface area (Å²) in [6.45, 7) is 1.03. The van der Waals surface area contributed by atoms with E-state index in [0.29, 0.717) is 0 Å². The highest BCUT2D eigenvalue weighted by Crippen LogP contribution is 1.71. The highest BCUT2D eigenvalue weighted by atomic mass is 15.1. The van der Waals surface area contributed by atoms with Gasteiger partial charge in [-0.15, -0.1) is 0 Å². The fourth-order valence-corrected chi connectivity index (χ4v) is 0.499. The van der Waals surface area contributed by atoms with Crippen molar-refractivity contribution >= 4 is 0 Å². The van der Waals surface area contributed by atoms with Crippen LogP contribution in [0.2, 0.25) is 0 Å². The predicted molar refractivity (Wildman–Crippen MR) is 40.5 cm³/mol. The van der Waals surface area contributed by atoms with Crippen molar-refractivity contribution in [2.75, 3.05) is 34.7 Å². The highest BCUT2D eigenvalue weighted by Gasteiger charge is 1.83. The first-order chi connectivity index (χ1) is 4.13. The molecule has 0 heterocycles. The third kappa shape index (κ3) is 7.66. The van der Waals surface area contributed by atoms with Gasteiger partial charge in [-0.25, -0.2) is 0 Å². The molecule has 0 aromatic heterocycles. The van der Waals surface area contributed by atoms with E-state index in [0.717, 1.165) is 6.54 Å². The van der Waals surface area contributed by atoms with Crippen LogP contribution in [0.15, 0.2) is 12.3 Å². The quantitative estimate of drug-likeness (QED) is 0.524. The molecular weight excluding hydrogens is 112 g/mol. The van der Waals surface area contributed by atoms with E-state index in [1.807, 2.05) is 0 Å². The van der Waals surface area contributed by atoms with Crippen molar-refractivity contribution < 1.29 is 4.90 Å². The standard InChI is InChI=1S/C7H16N2/c1-8(2)6-5-7-9(3)4/h5-6H,7H2,1-4H3/p+1/b6-5+. The van der Waals surface area contributed by atoms with Crippen LogP contribution in [0.4, 0.5) is 0 Å². The normalized spacial score (nSPS) is 12.2. The van der Waals surface area contributed by atoms with Crippen LogP contribution in [0.1, 0.15) is 0 Å². The Bertz CT molecular complexity index is 84.9. The van der Waals surface area contributed by atoms with Crippen molar-refractivity contribution in [1.82, 2.24) is 4.90 Å². The average molecular weight is 129 g/mol. The van der Waals surface area contributed by atoms with Gasteiger partial charge in [-0.2, -0.15) is 0 Å². The van der Waals surface area contributed by atoms with Crippen LogP contribution in [0, 0.1) is 0 Å². The molecule has 0 saturated carbocycles. The van der Waals surface area contributed by atoms with Crippen molar-refractivity contribution in [3.05, 3.63) is 12.3 Å². The fourth-order valence-electron chi connectivity index (χ4n) is 0.499. The van der Waals surface area contributed by atoms with E-state index in [4.69, 9.17) is 0 Å². The molecule has 0 aromatic rings. The van der Waals surface area contributed by atoms with Gasteiger partial charge in [0.05, 0.1) is 20.3 Å². The molecular formula is C7H17N2+. The largest absolute Gasteiger partial charge is 0.314 e. The second-order valence-electron chi connectivity index (χ2n) is 2.74. The Hall–Kier alpha value is -0.340. The summed E-state index contributed by atoms with van der Waals surface area (Å²) >= 11 is 0. The molecule has 2 heteroatoms. The molecule has 54 valence electrons. The van der Waals surface area contributed by atoms with Crippen molar-refractivity contribution in [1.29, 1.82) is 0 Å². The van der Waals surface area contributed by atoms with Crippen molar-refractivity contribution in [2.24, 2.45) is 0 Å². The van der Waals surface area contributed by atoms with Gasteiger partial charge >= 0.3 is 0 Å². The Morgan fingerprint density at radius 2 is 1.89 bits per heavy atom. The van der Waals surface area contributed by atoms with Gasteiger partial charge in [0.15, 0.2) is 0 Å². The summed E-state index contributed by atoms with van der Waals surface area (Å²) in [5, 5.41) is 0. The third-order valence-corrected chi connectivity index (χ3v) is 0.922. The first-order valence-corrected chi connectivity index (χ1v) is 3.24. The predicted octanol–water partition coefficient (Wildman–Crippen LogP) is -0.794. The molecule has 0 atom stereocenters. The Labute approximate surface area is 57.8 Å². The summed E-state index contributed by atoms with van der Waals surface area (Å²) in [6, 6.07) is 0. The first kappa shape index (κ1) is 8.66. The van der Waals surface area contributed by atoms with E-state index in [1.54, 1.807) is 0 Å². The lowest BCUT2D eigenvalue weighted by molar-refractivity contribution is -0.801. The second kappa shape index (κ2) is 4.53. The number of nitrogens with zero attached hydrogens (tertiary/aromatic N) is 1. The zero-order valence-electron chi connectivity index (χ0n) is 6.81. The molecule has 0 radical (unpaired) electrons. The van der Waals surface area contributed by atoms with Crippen LogP contribution < -0.4 is 4.90 Å². The maximum absolute atomic E-state index is 2.16. The monoisotopic (exact) mass is 129 g/mol. The molecule has 0 aromatic carbocycles. The number of hydrogen-bond acceptors (Lipinski definition) is 1. The third-order valence-electron chi connectivity index (χ3n) is 0.922. The van der Waals surface area contributed by atoms with Crippen LogP contribution in [-0.2, 0) is 0 Å². The molecule has 0 aliphatic rings. The summed E-state index contributed by atoms with van der Waals surface area (Å²) < 4.78 is 0. The van der Waals surface area contributed by atoms with Crippen molar-refractivity contribution in [2.45, 2.75) is 0 Å². The molecule has 9 heavy (non-hydrogen) atoms. The van der Waals surface area contributed by atoms with Crippen molar-refractivity contribution in [3.8, 4) is 0 Å². The molecule has 0 spiro atoms. The Kier molecular flexibility index (Phi) is 4.36. The van der Waals surface area contributed by atoms with Gasteiger partial charge in [0.1, 0.15) is 0 Å². The highest BCUT2D eigenvalue weighted by molar-refractivity contribution is 4.73. The minimum atomic E-state index is 1.03. The number of hydrogen-bond donors (Lipinski definition) is 1. The molecule has 0 saturated heterocycles. The lowest BCUT2D eigenvalue weighted by atomic mass is 10.5. The van der Waals surface area contributed by atoms with Gasteiger partial charge in [0, 0.05) is 6.54 Å². The van der Waals surface area contributed by atoms with Crippen LogP contribution >= 0.6 is 0 Å². The van der Waals surface area contributed by atoms with E-state index in [1.165, 1.54) is 4.90 Å². The van der Waals surface area contributed by atoms with E-state index >= 15 is 0 Å². The molecule has 2 nitrogen and oxygen atoms in total. The van der Waals surface area contributed by atoms with Crippen LogP contribution in [0.3, 0.4) is 0 Å². The summed E-state index contributed by atoms with van der Waals surface area (Å²) in [5.41, 5.74) is 0. The first-order valence-electron chi connectivity index (χ1n) is 3.24. The lowest BCUT2D eigenvalue weighted by Gasteiger charge is -2.03. The molecule has 0 rings (SSSR count).